The molecule has 9 nitrogen and oxygen atoms in total. The number of halogens is 1. The van der Waals surface area contributed by atoms with E-state index in [2.05, 4.69) is 15.5 Å². The number of amides is 2. The maximum absolute atomic E-state index is 12.9. The van der Waals surface area contributed by atoms with Gasteiger partial charge in [0.05, 0.1) is 31.7 Å². The van der Waals surface area contributed by atoms with E-state index in [0.29, 0.717) is 42.9 Å². The van der Waals surface area contributed by atoms with Gasteiger partial charge >= 0.3 is 0 Å². The third-order valence-corrected chi connectivity index (χ3v) is 6.25. The van der Waals surface area contributed by atoms with E-state index in [-0.39, 0.29) is 32.3 Å². The Labute approximate surface area is 223 Å². The molecule has 0 fully saturated rings. The van der Waals surface area contributed by atoms with Crippen molar-refractivity contribution in [2.24, 2.45) is 5.73 Å². The Morgan fingerprint density at radius 1 is 1.08 bits per heavy atom. The molecule has 1 aliphatic heterocycles. The van der Waals surface area contributed by atoms with Crippen molar-refractivity contribution >= 4 is 23.4 Å². The van der Waals surface area contributed by atoms with Gasteiger partial charge in [0.15, 0.2) is 11.6 Å². The second kappa shape index (κ2) is 12.3. The molecular formula is C27H35ClN6O3. The number of fused-ring (bicyclic) bond motifs is 1. The van der Waals surface area contributed by atoms with Gasteiger partial charge in [0.1, 0.15) is 6.04 Å². The van der Waals surface area contributed by atoms with Crippen LogP contribution >= 0.6 is 11.6 Å². The Hall–Kier alpha value is -3.27. The zero-order valence-corrected chi connectivity index (χ0v) is 21.2. The molecule has 198 valence electrons. The van der Waals surface area contributed by atoms with Gasteiger partial charge in [-0.3, -0.25) is 9.59 Å². The molecule has 1 aliphatic rings. The molecule has 3 N–H and O–H groups in total. The van der Waals surface area contributed by atoms with Gasteiger partial charge in [0.2, 0.25) is 11.8 Å². The number of nitrogens with two attached hydrogens (primary N) is 1. The Kier molecular flexibility index (Phi) is 9.42. The van der Waals surface area contributed by atoms with Gasteiger partial charge in [0, 0.05) is 18.1 Å². The largest absolute Gasteiger partial charge is 0.374 e. The van der Waals surface area contributed by atoms with Crippen LogP contribution in [0.4, 0.5) is 0 Å². The summed E-state index contributed by atoms with van der Waals surface area (Å²) < 4.78 is 7.88. The summed E-state index contributed by atoms with van der Waals surface area (Å²) in [5, 5.41) is 12.3. The Morgan fingerprint density at radius 2 is 1.78 bits per heavy atom. The number of aromatic nitrogens is 3. The number of hydrogen-bond acceptors (Lipinski definition) is 6. The fourth-order valence-electron chi connectivity index (χ4n) is 3.93. The Morgan fingerprint density at radius 3 is 2.46 bits per heavy atom. The highest BCUT2D eigenvalue weighted by Crippen LogP contribution is 2.20. The van der Waals surface area contributed by atoms with Gasteiger partial charge in [-0.25, -0.2) is 0 Å². The highest BCUT2D eigenvalue weighted by Gasteiger charge is 2.31. The van der Waals surface area contributed by atoms with E-state index >= 15 is 0 Å². The lowest BCUT2D eigenvalue weighted by molar-refractivity contribution is -0.132. The van der Waals surface area contributed by atoms with Gasteiger partial charge in [-0.2, -0.15) is 0 Å². The summed E-state index contributed by atoms with van der Waals surface area (Å²) in [6, 6.07) is 16.5. The summed E-state index contributed by atoms with van der Waals surface area (Å²) in [5.41, 5.74) is 6.88. The minimum Gasteiger partial charge on any atom is -0.374 e. The zero-order chi connectivity index (χ0) is 25.7. The maximum Gasteiger partial charge on any atom is 0.240 e. The van der Waals surface area contributed by atoms with Crippen molar-refractivity contribution in [2.75, 3.05) is 13.2 Å². The van der Waals surface area contributed by atoms with Crippen molar-refractivity contribution < 1.29 is 14.3 Å². The van der Waals surface area contributed by atoms with E-state index in [4.69, 9.17) is 22.1 Å². The number of benzene rings is 2. The average Bonchev–Trinajstić information content (AvgIpc) is 3.28. The lowest BCUT2D eigenvalue weighted by Gasteiger charge is -2.30. The molecule has 0 spiro atoms. The second-order valence-corrected chi connectivity index (χ2v) is 9.93. The minimum atomic E-state index is -1.06. The number of carbonyl (C=O) groups is 2. The molecule has 1 atom stereocenters. The molecule has 2 amide bonds. The summed E-state index contributed by atoms with van der Waals surface area (Å²) >= 11 is 5.94. The molecule has 3 aromatic rings. The van der Waals surface area contributed by atoms with Crippen LogP contribution < -0.4 is 11.1 Å². The number of nitrogens with one attached hydrogen (secondary N) is 1. The third-order valence-electron chi connectivity index (χ3n) is 6.00. The van der Waals surface area contributed by atoms with Gasteiger partial charge in [-0.05, 0) is 37.1 Å². The molecule has 2 heterocycles. The topological polar surface area (TPSA) is 115 Å². The van der Waals surface area contributed by atoms with Crippen molar-refractivity contribution in [3.63, 3.8) is 0 Å². The van der Waals surface area contributed by atoms with E-state index in [1.807, 2.05) is 47.0 Å². The number of ether oxygens (including phenoxy) is 1. The lowest BCUT2D eigenvalue weighted by atomic mass is 10.1. The van der Waals surface area contributed by atoms with Crippen LogP contribution in [0, 0.1) is 0 Å². The first-order chi connectivity index (χ1) is 17.2. The van der Waals surface area contributed by atoms with Gasteiger partial charge in [0.25, 0.3) is 0 Å². The first-order valence-corrected chi connectivity index (χ1v) is 12.2. The summed E-state index contributed by atoms with van der Waals surface area (Å²) in [7, 11) is 0. The monoisotopic (exact) mass is 526 g/mol. The van der Waals surface area contributed by atoms with E-state index in [1.165, 1.54) is 0 Å². The van der Waals surface area contributed by atoms with Gasteiger partial charge < -0.3 is 25.3 Å². The van der Waals surface area contributed by atoms with Crippen LogP contribution in [0.3, 0.4) is 0 Å². The van der Waals surface area contributed by atoms with E-state index in [1.54, 1.807) is 30.9 Å². The van der Waals surface area contributed by atoms with Crippen LogP contribution in [0.15, 0.2) is 54.6 Å². The number of rotatable bonds is 9. The molecule has 1 aromatic heterocycles. The quantitative estimate of drug-likeness (QED) is 0.442. The number of carbonyl (C=O) groups excluding carboxylic acids is 2. The first kappa shape index (κ1) is 28.3. The minimum absolute atomic E-state index is 0. The van der Waals surface area contributed by atoms with Crippen molar-refractivity contribution in [2.45, 2.75) is 59.0 Å². The molecule has 2 aromatic carbocycles. The summed E-state index contributed by atoms with van der Waals surface area (Å²) in [6.07, 6.45) is 0.287. The molecule has 37 heavy (non-hydrogen) atoms. The van der Waals surface area contributed by atoms with Crippen molar-refractivity contribution in [3.05, 3.63) is 82.4 Å². The maximum atomic E-state index is 12.9. The van der Waals surface area contributed by atoms with Crippen LogP contribution in [0.5, 0.6) is 0 Å². The van der Waals surface area contributed by atoms with Crippen LogP contribution in [0.1, 0.15) is 50.1 Å². The summed E-state index contributed by atoms with van der Waals surface area (Å²) in [6.45, 7) is 5.26. The van der Waals surface area contributed by atoms with Crippen molar-refractivity contribution in [3.8, 4) is 0 Å². The van der Waals surface area contributed by atoms with Crippen molar-refractivity contribution in [1.82, 2.24) is 25.0 Å². The number of hydrogen-bond donors (Lipinski definition) is 2. The normalized spacial score (nSPS) is 13.9. The van der Waals surface area contributed by atoms with Crippen LogP contribution in [0.25, 0.3) is 0 Å². The fraction of sp³-hybridized carbons (Fsp3) is 0.407. The molecule has 10 heteroatoms. The van der Waals surface area contributed by atoms with E-state index < -0.39 is 11.6 Å². The second-order valence-electron chi connectivity index (χ2n) is 9.49. The highest BCUT2D eigenvalue weighted by molar-refractivity contribution is 6.30. The molecule has 0 aliphatic carbocycles. The predicted molar refractivity (Wildman–Crippen MR) is 143 cm³/mol. The smallest absolute Gasteiger partial charge is 0.240 e. The molecule has 0 unspecified atom stereocenters. The molecule has 0 saturated carbocycles. The molecule has 0 bridgehead atoms. The van der Waals surface area contributed by atoms with Crippen molar-refractivity contribution in [1.29, 1.82) is 0 Å². The number of nitrogens with zero attached hydrogens (tertiary/aromatic N) is 4. The molecule has 0 saturated heterocycles. The summed E-state index contributed by atoms with van der Waals surface area (Å²) in [4.78, 5) is 27.3. The van der Waals surface area contributed by atoms with Crippen LogP contribution in [-0.2, 0) is 40.4 Å². The van der Waals surface area contributed by atoms with Gasteiger partial charge in [-0.15, -0.1) is 10.2 Å². The summed E-state index contributed by atoms with van der Waals surface area (Å²) in [5.74, 6) is 0.938. The third kappa shape index (κ3) is 7.38. The first-order valence-electron chi connectivity index (χ1n) is 11.9. The van der Waals surface area contributed by atoms with E-state index in [0.717, 1.165) is 11.1 Å². The Bertz CT molecular complexity index is 1190. The highest BCUT2D eigenvalue weighted by atomic mass is 35.5. The average molecular weight is 527 g/mol. The van der Waals surface area contributed by atoms with Crippen LogP contribution in [-0.4, -0.2) is 50.2 Å². The Balaban J connectivity index is 0.00000380. The SMILES string of the molecule is C.CC(C)(N)C(=O)N[C@H](COCc1ccccc1)c1nnc2n1CCN(C(=O)Cc1ccc(Cl)cc1)C2. The van der Waals surface area contributed by atoms with Crippen LogP contribution in [0.2, 0.25) is 5.02 Å². The van der Waals surface area contributed by atoms with Gasteiger partial charge in [-0.1, -0.05) is 61.5 Å². The fourth-order valence-corrected chi connectivity index (χ4v) is 4.06. The zero-order valence-electron chi connectivity index (χ0n) is 20.5. The molecule has 0 radical (unpaired) electrons. The lowest BCUT2D eigenvalue weighted by Crippen LogP contribution is -2.51. The predicted octanol–water partition coefficient (Wildman–Crippen LogP) is 3.26. The van der Waals surface area contributed by atoms with E-state index in [9.17, 15) is 9.59 Å². The molecule has 4 rings (SSSR count). The standard InChI is InChI=1S/C26H31ClN6O3.CH4/c1-26(2,28)25(35)29-21(17-36-16-19-6-4-3-5-7-19)24-31-30-22-15-32(12-13-33(22)24)23(34)14-18-8-10-20(27)11-9-18;/h3-11,21H,12-17,28H2,1-2H3,(H,29,35);1H4/t21-;/m1./s1. The molecular weight excluding hydrogens is 492 g/mol.